The van der Waals surface area contributed by atoms with E-state index in [0.29, 0.717) is 0 Å². The van der Waals surface area contributed by atoms with Crippen LogP contribution in [0.3, 0.4) is 0 Å². The molecule has 0 aliphatic rings. The molecule has 0 radical (unpaired) electrons. The number of nitrogens with two attached hydrogens (primary N) is 1. The topological polar surface area (TPSA) is 50.1 Å². The largest absolute Gasteiger partial charge is 0.327 e. The van der Waals surface area contributed by atoms with Crippen LogP contribution < -0.4 is 16.4 Å². The van der Waals surface area contributed by atoms with Crippen molar-refractivity contribution in [2.45, 2.75) is 39.7 Å². The van der Waals surface area contributed by atoms with Gasteiger partial charge in [0, 0.05) is 12.6 Å². The van der Waals surface area contributed by atoms with Gasteiger partial charge in [0.1, 0.15) is 0 Å². The molecule has 3 heteroatoms. The summed E-state index contributed by atoms with van der Waals surface area (Å²) in [7, 11) is 1.99. The zero-order valence-electron chi connectivity index (χ0n) is 10.2. The standard InChI is InChI=1S/C11H27N3/c1-5-10(12)11(3,9-13-4)7-8-14-6-2/h10,13-14H,5-9,12H2,1-4H3. The van der Waals surface area contributed by atoms with E-state index in [4.69, 9.17) is 5.73 Å². The molecule has 2 atom stereocenters. The van der Waals surface area contributed by atoms with Crippen LogP contribution in [-0.4, -0.2) is 32.7 Å². The molecule has 0 heterocycles. The van der Waals surface area contributed by atoms with E-state index in [1.807, 2.05) is 7.05 Å². The molecule has 0 saturated heterocycles. The number of hydrogen-bond acceptors (Lipinski definition) is 3. The number of hydrogen-bond donors (Lipinski definition) is 3. The highest BCUT2D eigenvalue weighted by atomic mass is 14.9. The van der Waals surface area contributed by atoms with Crippen LogP contribution in [-0.2, 0) is 0 Å². The van der Waals surface area contributed by atoms with E-state index in [2.05, 4.69) is 31.4 Å². The SMILES string of the molecule is CCNCCC(C)(CNC)C(N)CC. The second-order valence-electron chi connectivity index (χ2n) is 4.30. The Bertz CT molecular complexity index is 138. The average Bonchev–Trinajstić information content (AvgIpc) is 2.17. The zero-order chi connectivity index (χ0) is 11.0. The van der Waals surface area contributed by atoms with Crippen LogP contribution >= 0.6 is 0 Å². The van der Waals surface area contributed by atoms with Gasteiger partial charge in [-0.3, -0.25) is 0 Å². The van der Waals surface area contributed by atoms with Gasteiger partial charge in [-0.1, -0.05) is 20.8 Å². The van der Waals surface area contributed by atoms with Crippen LogP contribution in [0.5, 0.6) is 0 Å². The second-order valence-corrected chi connectivity index (χ2v) is 4.30. The molecule has 0 bridgehead atoms. The molecule has 4 N–H and O–H groups in total. The first kappa shape index (κ1) is 13.9. The zero-order valence-corrected chi connectivity index (χ0v) is 10.2. The maximum atomic E-state index is 6.15. The van der Waals surface area contributed by atoms with E-state index in [-0.39, 0.29) is 11.5 Å². The smallest absolute Gasteiger partial charge is 0.0103 e. The van der Waals surface area contributed by atoms with Gasteiger partial charge in [0.2, 0.25) is 0 Å². The van der Waals surface area contributed by atoms with Crippen LogP contribution in [0.4, 0.5) is 0 Å². The minimum atomic E-state index is 0.214. The molecule has 0 spiro atoms. The fourth-order valence-corrected chi connectivity index (χ4v) is 1.85. The van der Waals surface area contributed by atoms with Crippen molar-refractivity contribution in [3.63, 3.8) is 0 Å². The Labute approximate surface area is 88.8 Å². The van der Waals surface area contributed by atoms with Crippen LogP contribution in [0.2, 0.25) is 0 Å². The predicted molar refractivity (Wildman–Crippen MR) is 63.5 cm³/mol. The Morgan fingerprint density at radius 3 is 2.43 bits per heavy atom. The van der Waals surface area contributed by atoms with Gasteiger partial charge in [0.15, 0.2) is 0 Å². The van der Waals surface area contributed by atoms with Crippen molar-refractivity contribution in [2.24, 2.45) is 11.1 Å². The van der Waals surface area contributed by atoms with E-state index >= 15 is 0 Å². The number of nitrogens with one attached hydrogen (secondary N) is 2. The molecule has 2 unspecified atom stereocenters. The van der Waals surface area contributed by atoms with Crippen molar-refractivity contribution in [1.29, 1.82) is 0 Å². The molecule has 14 heavy (non-hydrogen) atoms. The van der Waals surface area contributed by atoms with E-state index in [9.17, 15) is 0 Å². The molecule has 0 amide bonds. The van der Waals surface area contributed by atoms with Gasteiger partial charge in [-0.15, -0.1) is 0 Å². The maximum Gasteiger partial charge on any atom is 0.0103 e. The lowest BCUT2D eigenvalue weighted by Crippen LogP contribution is -2.46. The van der Waals surface area contributed by atoms with Gasteiger partial charge in [-0.25, -0.2) is 0 Å². The van der Waals surface area contributed by atoms with Gasteiger partial charge in [-0.2, -0.15) is 0 Å². The van der Waals surface area contributed by atoms with Crippen molar-refractivity contribution in [2.75, 3.05) is 26.7 Å². The first-order valence-electron chi connectivity index (χ1n) is 5.71. The van der Waals surface area contributed by atoms with Gasteiger partial charge < -0.3 is 16.4 Å². The lowest BCUT2D eigenvalue weighted by molar-refractivity contribution is 0.220. The third kappa shape index (κ3) is 4.40. The summed E-state index contributed by atoms with van der Waals surface area (Å²) in [6.45, 7) is 9.66. The first-order valence-corrected chi connectivity index (χ1v) is 5.71. The normalized spacial score (nSPS) is 17.8. The summed E-state index contributed by atoms with van der Waals surface area (Å²) < 4.78 is 0. The fourth-order valence-electron chi connectivity index (χ4n) is 1.85. The monoisotopic (exact) mass is 201 g/mol. The minimum absolute atomic E-state index is 0.214. The summed E-state index contributed by atoms with van der Waals surface area (Å²) in [4.78, 5) is 0. The van der Waals surface area contributed by atoms with Gasteiger partial charge >= 0.3 is 0 Å². The summed E-state index contributed by atoms with van der Waals surface area (Å²) in [5.74, 6) is 0. The summed E-state index contributed by atoms with van der Waals surface area (Å²) in [5, 5.41) is 6.60. The molecule has 0 aliphatic carbocycles. The Balaban J connectivity index is 4.08. The van der Waals surface area contributed by atoms with Gasteiger partial charge in [-0.05, 0) is 38.4 Å². The summed E-state index contributed by atoms with van der Waals surface area (Å²) in [6.07, 6.45) is 2.18. The highest BCUT2D eigenvalue weighted by Gasteiger charge is 2.29. The molecule has 0 rings (SSSR count). The second kappa shape index (κ2) is 7.21. The van der Waals surface area contributed by atoms with Crippen LogP contribution in [0.15, 0.2) is 0 Å². The van der Waals surface area contributed by atoms with Crippen LogP contribution in [0.1, 0.15) is 33.6 Å². The Morgan fingerprint density at radius 1 is 1.36 bits per heavy atom. The highest BCUT2D eigenvalue weighted by molar-refractivity contribution is 4.86. The quantitative estimate of drug-likeness (QED) is 0.513. The Morgan fingerprint density at radius 2 is 2.00 bits per heavy atom. The molecule has 0 fully saturated rings. The minimum Gasteiger partial charge on any atom is -0.327 e. The Kier molecular flexibility index (Phi) is 7.15. The van der Waals surface area contributed by atoms with Crippen LogP contribution in [0.25, 0.3) is 0 Å². The van der Waals surface area contributed by atoms with Gasteiger partial charge in [0.25, 0.3) is 0 Å². The van der Waals surface area contributed by atoms with Gasteiger partial charge in [0.05, 0.1) is 0 Å². The van der Waals surface area contributed by atoms with Crippen molar-refractivity contribution in [3.05, 3.63) is 0 Å². The fraction of sp³-hybridized carbons (Fsp3) is 1.00. The summed E-state index contributed by atoms with van der Waals surface area (Å²) in [5.41, 5.74) is 6.37. The van der Waals surface area contributed by atoms with E-state index in [0.717, 1.165) is 32.5 Å². The Hall–Kier alpha value is -0.120. The molecule has 0 saturated carbocycles. The van der Waals surface area contributed by atoms with Crippen molar-refractivity contribution in [1.82, 2.24) is 10.6 Å². The van der Waals surface area contributed by atoms with E-state index in [1.54, 1.807) is 0 Å². The molecule has 0 aliphatic heterocycles. The first-order chi connectivity index (χ1) is 6.60. The van der Waals surface area contributed by atoms with Crippen LogP contribution in [0, 0.1) is 5.41 Å². The molecule has 0 aromatic heterocycles. The van der Waals surface area contributed by atoms with E-state index < -0.39 is 0 Å². The van der Waals surface area contributed by atoms with Crippen molar-refractivity contribution < 1.29 is 0 Å². The molecular weight excluding hydrogens is 174 g/mol. The molecule has 0 aromatic carbocycles. The third-order valence-electron chi connectivity index (χ3n) is 3.04. The van der Waals surface area contributed by atoms with E-state index in [1.165, 1.54) is 0 Å². The predicted octanol–water partition coefficient (Wildman–Crippen LogP) is 0.949. The maximum absolute atomic E-state index is 6.15. The lowest BCUT2D eigenvalue weighted by atomic mass is 9.78. The molecular formula is C11H27N3. The lowest BCUT2D eigenvalue weighted by Gasteiger charge is -2.35. The van der Waals surface area contributed by atoms with Crippen molar-refractivity contribution in [3.8, 4) is 0 Å². The molecule has 3 nitrogen and oxygen atoms in total. The molecule has 86 valence electrons. The summed E-state index contributed by atoms with van der Waals surface area (Å²) >= 11 is 0. The van der Waals surface area contributed by atoms with Crippen molar-refractivity contribution >= 4 is 0 Å². The highest BCUT2D eigenvalue weighted by Crippen LogP contribution is 2.25. The average molecular weight is 201 g/mol. The third-order valence-corrected chi connectivity index (χ3v) is 3.04. The molecule has 0 aromatic rings. The summed E-state index contributed by atoms with van der Waals surface area (Å²) in [6, 6.07) is 0.286. The number of rotatable bonds is 8.